The molecule has 10 nitrogen and oxygen atoms in total. The third kappa shape index (κ3) is 5.45. The molecule has 4 unspecified atom stereocenters. The lowest BCUT2D eigenvalue weighted by Crippen LogP contribution is -2.66. The Labute approximate surface area is 261 Å². The van der Waals surface area contributed by atoms with Crippen LogP contribution in [0.2, 0.25) is 0 Å². The van der Waals surface area contributed by atoms with Crippen molar-refractivity contribution in [2.75, 3.05) is 20.3 Å². The molecule has 0 spiro atoms. The maximum absolute atomic E-state index is 12.6. The summed E-state index contributed by atoms with van der Waals surface area (Å²) in [7, 11) is 1.43. The van der Waals surface area contributed by atoms with E-state index in [1.165, 1.54) is 7.11 Å². The molecule has 10 heteroatoms. The van der Waals surface area contributed by atoms with E-state index in [9.17, 15) is 35.7 Å². The first-order chi connectivity index (χ1) is 20.6. The summed E-state index contributed by atoms with van der Waals surface area (Å²) in [5.41, 5.74) is -0.648. The van der Waals surface area contributed by atoms with Gasteiger partial charge in [-0.1, -0.05) is 45.9 Å². The van der Waals surface area contributed by atoms with Crippen molar-refractivity contribution >= 4 is 0 Å². The van der Waals surface area contributed by atoms with Crippen molar-refractivity contribution in [1.29, 1.82) is 0 Å². The highest BCUT2D eigenvalue weighted by atomic mass is 16.7. The summed E-state index contributed by atoms with van der Waals surface area (Å²) < 4.78 is 17.2. The summed E-state index contributed by atoms with van der Waals surface area (Å²) in [6.07, 6.45) is -1.27. The molecular weight excluding hydrogens is 568 g/mol. The summed E-state index contributed by atoms with van der Waals surface area (Å²) in [6.45, 7) is 12.4. The Balaban J connectivity index is 1.37. The van der Waals surface area contributed by atoms with Gasteiger partial charge in [-0.15, -0.1) is 0 Å². The molecule has 16 atom stereocenters. The molecular formula is C34H56O10. The van der Waals surface area contributed by atoms with Gasteiger partial charge in [0.25, 0.3) is 0 Å². The molecule has 44 heavy (non-hydrogen) atoms. The van der Waals surface area contributed by atoms with Crippen LogP contribution in [0, 0.1) is 40.4 Å². The smallest absolute Gasteiger partial charge is 0.187 e. The number of ether oxygens (including phenoxy) is 3. The third-order valence-electron chi connectivity index (χ3n) is 12.8. The molecule has 4 aliphatic carbocycles. The lowest BCUT2D eigenvalue weighted by molar-refractivity contribution is -0.285. The Hall–Kier alpha value is -0.920. The lowest BCUT2D eigenvalue weighted by Gasteiger charge is -2.64. The summed E-state index contributed by atoms with van der Waals surface area (Å²) in [5.74, 6) is -0.983. The van der Waals surface area contributed by atoms with Gasteiger partial charge < -0.3 is 50.0 Å². The van der Waals surface area contributed by atoms with Crippen molar-refractivity contribution in [1.82, 2.24) is 0 Å². The number of hydrogen-bond acceptors (Lipinski definition) is 10. The minimum absolute atomic E-state index is 0.00378. The molecule has 1 heterocycles. The van der Waals surface area contributed by atoms with Crippen LogP contribution in [-0.4, -0.2) is 111 Å². The monoisotopic (exact) mass is 624 g/mol. The van der Waals surface area contributed by atoms with Gasteiger partial charge in [-0.3, -0.25) is 0 Å². The molecule has 0 aromatic rings. The van der Waals surface area contributed by atoms with Crippen LogP contribution in [0.15, 0.2) is 23.8 Å². The Morgan fingerprint density at radius 1 is 1.07 bits per heavy atom. The van der Waals surface area contributed by atoms with E-state index < -0.39 is 71.4 Å². The number of hydrogen-bond donors (Lipinski definition) is 7. The van der Waals surface area contributed by atoms with Crippen molar-refractivity contribution in [3.63, 3.8) is 0 Å². The second kappa shape index (κ2) is 12.6. The van der Waals surface area contributed by atoms with Gasteiger partial charge >= 0.3 is 0 Å². The van der Waals surface area contributed by atoms with Crippen molar-refractivity contribution in [3.05, 3.63) is 23.8 Å². The minimum atomic E-state index is -1.37. The molecule has 0 amide bonds. The quantitative estimate of drug-likeness (QED) is 0.187. The number of fused-ring (bicyclic) bond motifs is 5. The zero-order valence-electron chi connectivity index (χ0n) is 27.0. The molecule has 0 aromatic carbocycles. The maximum Gasteiger partial charge on any atom is 0.187 e. The van der Waals surface area contributed by atoms with Gasteiger partial charge in [0.05, 0.1) is 36.6 Å². The highest BCUT2D eigenvalue weighted by molar-refractivity contribution is 5.33. The van der Waals surface area contributed by atoms with Gasteiger partial charge in [-0.2, -0.15) is 0 Å². The SMILES string of the molecule is C=C(CC[C@@H](C)[C@H]1[C@@H](O)[C@H](O)C2[C@]3(O)C[C@@H](O)C4=C[C@@H](O[C@@H]5OC[C@@H](O)C(O)C5OC)CC[C@]4(C)C3CC[C@@]21C)[C@H](C)CO. The van der Waals surface area contributed by atoms with Crippen LogP contribution in [0.25, 0.3) is 0 Å². The molecule has 1 saturated heterocycles. The van der Waals surface area contributed by atoms with Crippen molar-refractivity contribution in [3.8, 4) is 0 Å². The summed E-state index contributed by atoms with van der Waals surface area (Å²) >= 11 is 0. The summed E-state index contributed by atoms with van der Waals surface area (Å²) in [5, 5.41) is 77.3. The maximum atomic E-state index is 12.6. The van der Waals surface area contributed by atoms with E-state index in [0.29, 0.717) is 19.3 Å². The first-order valence-electron chi connectivity index (χ1n) is 16.6. The zero-order valence-corrected chi connectivity index (χ0v) is 27.0. The molecule has 0 bridgehead atoms. The zero-order chi connectivity index (χ0) is 32.4. The van der Waals surface area contributed by atoms with Crippen molar-refractivity contribution in [2.24, 2.45) is 40.4 Å². The molecule has 0 aromatic heterocycles. The van der Waals surface area contributed by atoms with E-state index in [4.69, 9.17) is 14.2 Å². The predicted octanol–water partition coefficient (Wildman–Crippen LogP) is 1.67. The van der Waals surface area contributed by atoms with Crippen molar-refractivity contribution in [2.45, 2.75) is 127 Å². The van der Waals surface area contributed by atoms with E-state index >= 15 is 0 Å². The standard InChI is InChI=1S/C34H56O10/c1-17(19(3)15-35)7-8-18(2)25-27(39)28(40)30-33(25,5)12-10-24-32(4)11-9-20(13-21(32)22(36)14-34(24,30)41)44-31-29(42-6)26(38)23(37)16-43-31/h13,18-20,22-31,35-41H,1,7-12,14-16H2,2-6H3/t18-,19-,20+,22-,23-,24?,25+,26?,27-,28+,29?,30?,31+,32+,33-,34+/m1/s1. The average Bonchev–Trinajstić information content (AvgIpc) is 3.18. The van der Waals surface area contributed by atoms with E-state index in [1.54, 1.807) is 0 Å². The van der Waals surface area contributed by atoms with Crippen LogP contribution in [0.5, 0.6) is 0 Å². The van der Waals surface area contributed by atoms with E-state index in [2.05, 4.69) is 27.4 Å². The first kappa shape index (κ1) is 34.4. The second-order valence-electron chi connectivity index (χ2n) is 15.3. The number of aliphatic hydroxyl groups is 7. The van der Waals surface area contributed by atoms with Crippen LogP contribution in [0.3, 0.4) is 0 Å². The average molecular weight is 625 g/mol. The van der Waals surface area contributed by atoms with Gasteiger partial charge in [-0.25, -0.2) is 0 Å². The molecule has 7 N–H and O–H groups in total. The minimum Gasteiger partial charge on any atom is -0.396 e. The number of rotatable bonds is 9. The molecule has 3 saturated carbocycles. The fraction of sp³-hybridized carbons (Fsp3) is 0.882. The largest absolute Gasteiger partial charge is 0.396 e. The van der Waals surface area contributed by atoms with Crippen LogP contribution in [-0.2, 0) is 14.2 Å². The van der Waals surface area contributed by atoms with Crippen LogP contribution in [0.4, 0.5) is 0 Å². The van der Waals surface area contributed by atoms with E-state index in [0.717, 1.165) is 30.4 Å². The van der Waals surface area contributed by atoms with Gasteiger partial charge in [0.2, 0.25) is 0 Å². The van der Waals surface area contributed by atoms with Gasteiger partial charge in [-0.05, 0) is 78.6 Å². The van der Waals surface area contributed by atoms with Crippen molar-refractivity contribution < 1.29 is 50.0 Å². The van der Waals surface area contributed by atoms with E-state index in [1.807, 2.05) is 13.0 Å². The second-order valence-corrected chi connectivity index (χ2v) is 15.3. The van der Waals surface area contributed by atoms with Crippen LogP contribution < -0.4 is 0 Å². The molecule has 5 rings (SSSR count). The molecule has 0 radical (unpaired) electrons. The first-order valence-corrected chi connectivity index (χ1v) is 16.6. The Bertz CT molecular complexity index is 1080. The molecule has 4 fully saturated rings. The highest BCUT2D eigenvalue weighted by Crippen LogP contribution is 2.69. The topological polar surface area (TPSA) is 169 Å². The van der Waals surface area contributed by atoms with Gasteiger partial charge in [0.15, 0.2) is 6.29 Å². The molecule has 1 aliphatic heterocycles. The summed E-state index contributed by atoms with van der Waals surface area (Å²) in [4.78, 5) is 0. The number of methoxy groups -OCH3 is 1. The van der Waals surface area contributed by atoms with Crippen LogP contribution >= 0.6 is 0 Å². The normalized spacial score (nSPS) is 50.2. The molecule has 5 aliphatic rings. The Kier molecular flexibility index (Phi) is 9.85. The lowest BCUT2D eigenvalue weighted by atomic mass is 9.43. The van der Waals surface area contributed by atoms with E-state index in [-0.39, 0.29) is 43.3 Å². The fourth-order valence-electron chi connectivity index (χ4n) is 10.4. The Morgan fingerprint density at radius 2 is 1.77 bits per heavy atom. The molecule has 252 valence electrons. The highest BCUT2D eigenvalue weighted by Gasteiger charge is 2.72. The third-order valence-corrected chi connectivity index (χ3v) is 12.8. The summed E-state index contributed by atoms with van der Waals surface area (Å²) in [6, 6.07) is 0. The van der Waals surface area contributed by atoms with Gasteiger partial charge in [0.1, 0.15) is 18.3 Å². The van der Waals surface area contributed by atoms with Crippen LogP contribution in [0.1, 0.15) is 72.6 Å². The Morgan fingerprint density at radius 3 is 2.43 bits per heavy atom. The van der Waals surface area contributed by atoms with Gasteiger partial charge in [0, 0.05) is 26.1 Å². The number of aliphatic hydroxyl groups excluding tert-OH is 6. The fourth-order valence-corrected chi connectivity index (χ4v) is 10.4. The predicted molar refractivity (Wildman–Crippen MR) is 162 cm³/mol.